The van der Waals surface area contributed by atoms with Crippen LogP contribution in [0.4, 0.5) is 11.6 Å². The van der Waals surface area contributed by atoms with Crippen molar-refractivity contribution in [2.24, 2.45) is 4.36 Å². The molecule has 21 heavy (non-hydrogen) atoms. The molecule has 7 heteroatoms. The van der Waals surface area contributed by atoms with Crippen LogP contribution in [0.3, 0.4) is 0 Å². The van der Waals surface area contributed by atoms with Crippen LogP contribution in [0, 0.1) is 0 Å². The molecule has 1 saturated heterocycles. The third-order valence-electron chi connectivity index (χ3n) is 4.19. The lowest BCUT2D eigenvalue weighted by molar-refractivity contribution is 0.481. The van der Waals surface area contributed by atoms with E-state index in [-0.39, 0.29) is 10.5 Å². The molecule has 2 heterocycles. The summed E-state index contributed by atoms with van der Waals surface area (Å²) < 4.78 is 16.9. The summed E-state index contributed by atoms with van der Waals surface area (Å²) in [6.07, 6.45) is 7.26. The summed E-state index contributed by atoms with van der Waals surface area (Å²) in [4.78, 5) is 10.7. The van der Waals surface area contributed by atoms with Crippen molar-refractivity contribution in [2.45, 2.75) is 50.3 Å². The molecule has 0 radical (unpaired) electrons. The SMILES string of the molecule is C[C@@H]1CCCCN1c1cc(N=S(C)(=O)C2CC2)nc(Cl)n1. The number of aromatic nitrogens is 2. The molecule has 2 fully saturated rings. The van der Waals surface area contributed by atoms with Gasteiger partial charge in [0.1, 0.15) is 5.82 Å². The minimum absolute atomic E-state index is 0.176. The second kappa shape index (κ2) is 5.72. The fourth-order valence-corrected chi connectivity index (χ4v) is 4.59. The number of nitrogens with zero attached hydrogens (tertiary/aromatic N) is 4. The van der Waals surface area contributed by atoms with E-state index in [0.717, 1.165) is 38.0 Å². The summed E-state index contributed by atoms with van der Waals surface area (Å²) in [6.45, 7) is 3.16. The topological polar surface area (TPSA) is 58.5 Å². The molecule has 116 valence electrons. The molecule has 0 bridgehead atoms. The van der Waals surface area contributed by atoms with Crippen LogP contribution >= 0.6 is 11.6 Å². The molecule has 1 aromatic rings. The lowest BCUT2D eigenvalue weighted by Gasteiger charge is -2.34. The predicted molar refractivity (Wildman–Crippen MR) is 86.9 cm³/mol. The summed E-state index contributed by atoms with van der Waals surface area (Å²) in [5.74, 6) is 1.24. The Morgan fingerprint density at radius 1 is 1.33 bits per heavy atom. The van der Waals surface area contributed by atoms with Crippen LogP contribution in [0.25, 0.3) is 0 Å². The van der Waals surface area contributed by atoms with Crippen molar-refractivity contribution in [3.63, 3.8) is 0 Å². The predicted octanol–water partition coefficient (Wildman–Crippen LogP) is 3.40. The Morgan fingerprint density at radius 2 is 2.10 bits per heavy atom. The van der Waals surface area contributed by atoms with E-state index in [2.05, 4.69) is 26.2 Å². The Morgan fingerprint density at radius 3 is 2.76 bits per heavy atom. The van der Waals surface area contributed by atoms with Gasteiger partial charge in [0.2, 0.25) is 5.28 Å². The van der Waals surface area contributed by atoms with E-state index >= 15 is 0 Å². The Balaban J connectivity index is 1.94. The highest BCUT2D eigenvalue weighted by molar-refractivity contribution is 7.93. The average Bonchev–Trinajstić information content (AvgIpc) is 3.22. The van der Waals surface area contributed by atoms with Gasteiger partial charge in [0.25, 0.3) is 0 Å². The summed E-state index contributed by atoms with van der Waals surface area (Å²) in [5.41, 5.74) is 0. The minimum atomic E-state index is -2.21. The van der Waals surface area contributed by atoms with Gasteiger partial charge in [-0.2, -0.15) is 9.35 Å². The van der Waals surface area contributed by atoms with Gasteiger partial charge < -0.3 is 4.90 Å². The zero-order valence-corrected chi connectivity index (χ0v) is 14.0. The van der Waals surface area contributed by atoms with Crippen molar-refractivity contribution in [3.05, 3.63) is 11.3 Å². The van der Waals surface area contributed by atoms with Crippen molar-refractivity contribution >= 4 is 33.0 Å². The molecular formula is C14H21ClN4OS. The average molecular weight is 329 g/mol. The fraction of sp³-hybridized carbons (Fsp3) is 0.714. The molecule has 1 aromatic heterocycles. The van der Waals surface area contributed by atoms with E-state index in [4.69, 9.17) is 11.6 Å². The quantitative estimate of drug-likeness (QED) is 0.798. The monoisotopic (exact) mass is 328 g/mol. The normalized spacial score (nSPS) is 25.5. The molecule has 2 atom stereocenters. The molecule has 0 amide bonds. The van der Waals surface area contributed by atoms with Crippen LogP contribution in [-0.2, 0) is 9.73 Å². The summed E-state index contributed by atoms with van der Waals surface area (Å²) in [5, 5.41) is 0.388. The van der Waals surface area contributed by atoms with Gasteiger partial charge in [0, 0.05) is 30.2 Å². The maximum absolute atomic E-state index is 12.5. The molecule has 2 aliphatic rings. The van der Waals surface area contributed by atoms with E-state index in [1.54, 1.807) is 6.26 Å². The lowest BCUT2D eigenvalue weighted by Crippen LogP contribution is -2.38. The molecule has 0 spiro atoms. The van der Waals surface area contributed by atoms with Gasteiger partial charge in [-0.05, 0) is 50.6 Å². The second-order valence-corrected chi connectivity index (χ2v) is 8.95. The van der Waals surface area contributed by atoms with Crippen molar-refractivity contribution in [1.82, 2.24) is 9.97 Å². The van der Waals surface area contributed by atoms with Gasteiger partial charge in [0.15, 0.2) is 5.82 Å². The molecule has 0 N–H and O–H groups in total. The van der Waals surface area contributed by atoms with Crippen LogP contribution in [0.2, 0.25) is 5.28 Å². The van der Waals surface area contributed by atoms with Crippen molar-refractivity contribution in [1.29, 1.82) is 0 Å². The molecule has 1 unspecified atom stereocenters. The molecule has 3 rings (SSSR count). The van der Waals surface area contributed by atoms with Crippen LogP contribution in [0.5, 0.6) is 0 Å². The number of hydrogen-bond donors (Lipinski definition) is 0. The highest BCUT2D eigenvalue weighted by Crippen LogP contribution is 2.32. The van der Waals surface area contributed by atoms with Gasteiger partial charge >= 0.3 is 0 Å². The highest BCUT2D eigenvalue weighted by atomic mass is 35.5. The van der Waals surface area contributed by atoms with E-state index in [0.29, 0.717) is 11.9 Å². The third kappa shape index (κ3) is 3.48. The maximum atomic E-state index is 12.5. The van der Waals surface area contributed by atoms with Gasteiger partial charge in [-0.25, -0.2) is 9.19 Å². The van der Waals surface area contributed by atoms with Crippen LogP contribution in [-0.4, -0.2) is 38.3 Å². The summed E-state index contributed by atoms with van der Waals surface area (Å²) in [7, 11) is -2.21. The van der Waals surface area contributed by atoms with Gasteiger partial charge in [-0.3, -0.25) is 0 Å². The first kappa shape index (κ1) is 15.0. The van der Waals surface area contributed by atoms with Crippen LogP contribution in [0.15, 0.2) is 10.4 Å². The Labute approximate surface area is 131 Å². The van der Waals surface area contributed by atoms with Crippen molar-refractivity contribution in [2.75, 3.05) is 17.7 Å². The first-order valence-electron chi connectivity index (χ1n) is 7.48. The van der Waals surface area contributed by atoms with E-state index < -0.39 is 9.73 Å². The standard InChI is InChI=1S/C14H21ClN4OS/c1-10-5-3-4-8-19(10)13-9-12(16-14(15)17-13)18-21(2,20)11-6-7-11/h9-11H,3-8H2,1-2H3/t10-,21?/m1/s1. The first-order valence-corrected chi connectivity index (χ1v) is 9.84. The zero-order valence-electron chi connectivity index (χ0n) is 12.5. The maximum Gasteiger partial charge on any atom is 0.226 e. The molecule has 1 saturated carbocycles. The van der Waals surface area contributed by atoms with Gasteiger partial charge in [0.05, 0.1) is 9.73 Å². The van der Waals surface area contributed by atoms with Crippen LogP contribution < -0.4 is 4.90 Å². The lowest BCUT2D eigenvalue weighted by atomic mass is 10.0. The van der Waals surface area contributed by atoms with Crippen LogP contribution in [0.1, 0.15) is 39.0 Å². The van der Waals surface area contributed by atoms with E-state index in [9.17, 15) is 4.21 Å². The Hall–Kier alpha value is -0.880. The summed E-state index contributed by atoms with van der Waals surface area (Å²) >= 11 is 6.04. The van der Waals surface area contributed by atoms with E-state index in [1.165, 1.54) is 6.42 Å². The number of piperidine rings is 1. The zero-order chi connectivity index (χ0) is 15.0. The highest BCUT2D eigenvalue weighted by Gasteiger charge is 2.31. The minimum Gasteiger partial charge on any atom is -0.354 e. The number of anilines is 1. The number of rotatable bonds is 3. The number of hydrogen-bond acceptors (Lipinski definition) is 5. The fourth-order valence-electron chi connectivity index (χ4n) is 2.79. The summed E-state index contributed by atoms with van der Waals surface area (Å²) in [6, 6.07) is 2.26. The van der Waals surface area contributed by atoms with Gasteiger partial charge in [-0.15, -0.1) is 0 Å². The van der Waals surface area contributed by atoms with Gasteiger partial charge in [-0.1, -0.05) is 0 Å². The Bertz CT molecular complexity index is 652. The van der Waals surface area contributed by atoms with Crippen molar-refractivity contribution < 1.29 is 4.21 Å². The molecule has 1 aliphatic carbocycles. The first-order chi connectivity index (χ1) is 9.95. The molecular weight excluding hydrogens is 308 g/mol. The molecule has 1 aliphatic heterocycles. The largest absolute Gasteiger partial charge is 0.354 e. The second-order valence-electron chi connectivity index (χ2n) is 6.04. The Kier molecular flexibility index (Phi) is 4.10. The smallest absolute Gasteiger partial charge is 0.226 e. The van der Waals surface area contributed by atoms with E-state index in [1.807, 2.05) is 6.07 Å². The molecule has 0 aromatic carbocycles. The van der Waals surface area contributed by atoms with Crippen molar-refractivity contribution in [3.8, 4) is 0 Å². The number of halogens is 1. The third-order valence-corrected chi connectivity index (χ3v) is 6.61. The molecule has 5 nitrogen and oxygen atoms in total.